The highest BCUT2D eigenvalue weighted by atomic mass is 35.5. The molecular formula is C13H8Cl4O. The van der Waals surface area contributed by atoms with E-state index in [1.54, 1.807) is 24.3 Å². The van der Waals surface area contributed by atoms with Crippen LogP contribution in [0, 0.1) is 0 Å². The Labute approximate surface area is 125 Å². The Kier molecular flexibility index (Phi) is 4.41. The van der Waals surface area contributed by atoms with Crippen LogP contribution < -0.4 is 0 Å². The molecule has 0 saturated carbocycles. The average Bonchev–Trinajstić information content (AvgIpc) is 2.36. The van der Waals surface area contributed by atoms with E-state index in [0.29, 0.717) is 25.7 Å². The van der Waals surface area contributed by atoms with E-state index < -0.39 is 0 Å². The Balaban J connectivity index is 2.56. The molecule has 1 N–H and O–H groups in total. The van der Waals surface area contributed by atoms with Gasteiger partial charge < -0.3 is 5.11 Å². The van der Waals surface area contributed by atoms with Gasteiger partial charge in [0, 0.05) is 10.6 Å². The predicted octanol–water partition coefficient (Wildman–Crippen LogP) is 5.46. The number of hydrogen-bond acceptors (Lipinski definition) is 1. The standard InChI is InChI=1S/C13H8Cl4O/c14-10-4-3-9(12(16)13(10)17)7-1-2-8(6-18)11(15)5-7/h1-5,18H,6H2. The van der Waals surface area contributed by atoms with Crippen molar-refractivity contribution in [2.75, 3.05) is 0 Å². The van der Waals surface area contributed by atoms with Gasteiger partial charge in [0.25, 0.3) is 0 Å². The maximum atomic E-state index is 9.07. The molecule has 1 nitrogen and oxygen atoms in total. The molecular weight excluding hydrogens is 314 g/mol. The number of hydrogen-bond donors (Lipinski definition) is 1. The summed E-state index contributed by atoms with van der Waals surface area (Å²) < 4.78 is 0. The van der Waals surface area contributed by atoms with Crippen molar-refractivity contribution >= 4 is 46.4 Å². The number of rotatable bonds is 2. The van der Waals surface area contributed by atoms with E-state index in [1.165, 1.54) is 0 Å². The van der Waals surface area contributed by atoms with Crippen molar-refractivity contribution in [2.45, 2.75) is 6.61 Å². The molecule has 18 heavy (non-hydrogen) atoms. The summed E-state index contributed by atoms with van der Waals surface area (Å²) in [5, 5.41) is 10.7. The van der Waals surface area contributed by atoms with E-state index in [9.17, 15) is 0 Å². The van der Waals surface area contributed by atoms with Crippen LogP contribution in [0.15, 0.2) is 30.3 Å². The molecule has 0 aliphatic heterocycles. The lowest BCUT2D eigenvalue weighted by atomic mass is 10.0. The lowest BCUT2D eigenvalue weighted by Crippen LogP contribution is -1.87. The fourth-order valence-corrected chi connectivity index (χ4v) is 2.48. The lowest BCUT2D eigenvalue weighted by Gasteiger charge is -2.09. The summed E-state index contributed by atoms with van der Waals surface area (Å²) in [6.45, 7) is -0.103. The summed E-state index contributed by atoms with van der Waals surface area (Å²) in [5.74, 6) is 0. The molecule has 0 atom stereocenters. The molecule has 5 heteroatoms. The summed E-state index contributed by atoms with van der Waals surface area (Å²) >= 11 is 24.1. The van der Waals surface area contributed by atoms with Crippen molar-refractivity contribution in [1.82, 2.24) is 0 Å². The molecule has 0 aliphatic carbocycles. The van der Waals surface area contributed by atoms with Gasteiger partial charge in [0.05, 0.1) is 21.7 Å². The maximum absolute atomic E-state index is 9.07. The van der Waals surface area contributed by atoms with Gasteiger partial charge in [0.1, 0.15) is 0 Å². The van der Waals surface area contributed by atoms with Crippen LogP contribution in [0.4, 0.5) is 0 Å². The van der Waals surface area contributed by atoms with Crippen molar-refractivity contribution in [1.29, 1.82) is 0 Å². The highest BCUT2D eigenvalue weighted by Gasteiger charge is 2.11. The van der Waals surface area contributed by atoms with Gasteiger partial charge in [-0.2, -0.15) is 0 Å². The summed E-state index contributed by atoms with van der Waals surface area (Å²) in [4.78, 5) is 0. The van der Waals surface area contributed by atoms with Gasteiger partial charge >= 0.3 is 0 Å². The first-order valence-corrected chi connectivity index (χ1v) is 6.59. The molecule has 0 amide bonds. The second-order valence-electron chi connectivity index (χ2n) is 3.69. The highest BCUT2D eigenvalue weighted by Crippen LogP contribution is 2.38. The van der Waals surface area contributed by atoms with Crippen LogP contribution in [0.1, 0.15) is 5.56 Å². The van der Waals surface area contributed by atoms with Gasteiger partial charge in [-0.15, -0.1) is 0 Å². The second-order valence-corrected chi connectivity index (χ2v) is 5.26. The van der Waals surface area contributed by atoms with Crippen molar-refractivity contribution < 1.29 is 5.11 Å². The quantitative estimate of drug-likeness (QED) is 0.728. The third kappa shape index (κ3) is 2.61. The Morgan fingerprint density at radius 2 is 1.56 bits per heavy atom. The minimum absolute atomic E-state index is 0.103. The summed E-state index contributed by atoms with van der Waals surface area (Å²) in [6.07, 6.45) is 0. The normalized spacial score (nSPS) is 10.7. The molecule has 2 aromatic rings. The van der Waals surface area contributed by atoms with Gasteiger partial charge in [-0.05, 0) is 23.3 Å². The SMILES string of the molecule is OCc1ccc(-c2ccc(Cl)c(Cl)c2Cl)cc1Cl. The van der Waals surface area contributed by atoms with Gasteiger partial charge in [-0.3, -0.25) is 0 Å². The smallest absolute Gasteiger partial charge is 0.0784 e. The minimum atomic E-state index is -0.103. The van der Waals surface area contributed by atoms with Crippen LogP contribution >= 0.6 is 46.4 Å². The van der Waals surface area contributed by atoms with Crippen molar-refractivity contribution in [3.05, 3.63) is 56.0 Å². The first-order valence-electron chi connectivity index (χ1n) is 5.07. The molecule has 0 saturated heterocycles. The first kappa shape index (κ1) is 14.0. The molecule has 0 spiro atoms. The monoisotopic (exact) mass is 320 g/mol. The van der Waals surface area contributed by atoms with Crippen molar-refractivity contribution in [2.24, 2.45) is 0 Å². The van der Waals surface area contributed by atoms with E-state index in [1.807, 2.05) is 6.07 Å². The molecule has 0 aromatic heterocycles. The van der Waals surface area contributed by atoms with Crippen LogP contribution in [-0.4, -0.2) is 5.11 Å². The summed E-state index contributed by atoms with van der Waals surface area (Å²) in [5.41, 5.74) is 2.23. The molecule has 2 aromatic carbocycles. The van der Waals surface area contributed by atoms with Crippen molar-refractivity contribution in [3.63, 3.8) is 0 Å². The van der Waals surface area contributed by atoms with Crippen LogP contribution in [0.5, 0.6) is 0 Å². The molecule has 0 aliphatic rings. The molecule has 2 rings (SSSR count). The highest BCUT2D eigenvalue weighted by molar-refractivity contribution is 6.49. The Hall–Kier alpha value is -0.440. The van der Waals surface area contributed by atoms with Crippen LogP contribution in [-0.2, 0) is 6.61 Å². The van der Waals surface area contributed by atoms with Gasteiger partial charge in [-0.1, -0.05) is 64.6 Å². The van der Waals surface area contributed by atoms with Gasteiger partial charge in [-0.25, -0.2) is 0 Å². The van der Waals surface area contributed by atoms with E-state index in [-0.39, 0.29) is 6.61 Å². The molecule has 0 heterocycles. The summed E-state index contributed by atoms with van der Waals surface area (Å²) in [7, 11) is 0. The average molecular weight is 322 g/mol. The largest absolute Gasteiger partial charge is 0.392 e. The topological polar surface area (TPSA) is 20.2 Å². The second kappa shape index (κ2) is 5.68. The minimum Gasteiger partial charge on any atom is -0.392 e. The molecule has 0 fully saturated rings. The number of halogens is 4. The molecule has 0 unspecified atom stereocenters. The third-order valence-electron chi connectivity index (χ3n) is 2.57. The van der Waals surface area contributed by atoms with E-state index in [0.717, 1.165) is 11.1 Å². The molecule has 94 valence electrons. The Morgan fingerprint density at radius 3 is 2.17 bits per heavy atom. The van der Waals surface area contributed by atoms with Crippen LogP contribution in [0.3, 0.4) is 0 Å². The zero-order chi connectivity index (χ0) is 13.3. The molecule has 0 radical (unpaired) electrons. The number of aliphatic hydroxyl groups is 1. The van der Waals surface area contributed by atoms with Crippen LogP contribution in [0.25, 0.3) is 11.1 Å². The first-order chi connectivity index (χ1) is 8.54. The lowest BCUT2D eigenvalue weighted by molar-refractivity contribution is 0.282. The zero-order valence-electron chi connectivity index (χ0n) is 9.05. The Morgan fingerprint density at radius 1 is 0.833 bits per heavy atom. The fraction of sp³-hybridized carbons (Fsp3) is 0.0769. The van der Waals surface area contributed by atoms with Crippen molar-refractivity contribution in [3.8, 4) is 11.1 Å². The van der Waals surface area contributed by atoms with E-state index in [2.05, 4.69) is 0 Å². The zero-order valence-corrected chi connectivity index (χ0v) is 12.1. The Bertz CT molecular complexity index is 596. The number of benzene rings is 2. The van der Waals surface area contributed by atoms with Gasteiger partial charge in [0.2, 0.25) is 0 Å². The molecule has 0 bridgehead atoms. The predicted molar refractivity (Wildman–Crippen MR) is 77.8 cm³/mol. The summed E-state index contributed by atoms with van der Waals surface area (Å²) in [6, 6.07) is 8.76. The van der Waals surface area contributed by atoms with E-state index in [4.69, 9.17) is 51.5 Å². The third-order valence-corrected chi connectivity index (χ3v) is 4.22. The van der Waals surface area contributed by atoms with Gasteiger partial charge in [0.15, 0.2) is 0 Å². The maximum Gasteiger partial charge on any atom is 0.0784 e. The van der Waals surface area contributed by atoms with Crippen LogP contribution in [0.2, 0.25) is 20.1 Å². The van der Waals surface area contributed by atoms with E-state index >= 15 is 0 Å². The number of aliphatic hydroxyl groups excluding tert-OH is 1. The fourth-order valence-electron chi connectivity index (χ4n) is 1.59.